The van der Waals surface area contributed by atoms with Crippen molar-refractivity contribution in [1.82, 2.24) is 19.5 Å². The normalized spacial score (nSPS) is 12.3. The molecule has 0 fully saturated rings. The lowest BCUT2D eigenvalue weighted by Crippen LogP contribution is -2.17. The van der Waals surface area contributed by atoms with Crippen LogP contribution in [-0.4, -0.2) is 37.8 Å². The number of hydrogen-bond acceptors (Lipinski definition) is 6. The number of aliphatic hydroxyl groups excluding tert-OH is 1. The van der Waals surface area contributed by atoms with Crippen molar-refractivity contribution >= 4 is 22.9 Å². The second kappa shape index (κ2) is 7.94. The van der Waals surface area contributed by atoms with Crippen LogP contribution < -0.4 is 10.6 Å². The Morgan fingerprint density at radius 1 is 1.16 bits per heavy atom. The van der Waals surface area contributed by atoms with E-state index in [4.69, 9.17) is 0 Å². The molecule has 3 N–H and O–H groups in total. The van der Waals surface area contributed by atoms with Crippen molar-refractivity contribution in [2.45, 2.75) is 26.9 Å². The van der Waals surface area contributed by atoms with E-state index in [1.165, 1.54) is 5.56 Å². The van der Waals surface area contributed by atoms with Gasteiger partial charge in [0.1, 0.15) is 0 Å². The summed E-state index contributed by atoms with van der Waals surface area (Å²) in [5.74, 6) is 1.38. The SMILES string of the molecule is CCn1cnc2c(NCc3ccccc3)nc(NC[C@H](C)CO)nc21. The number of aliphatic hydroxyl groups is 1. The van der Waals surface area contributed by atoms with E-state index in [0.717, 1.165) is 17.7 Å². The molecule has 0 bridgehead atoms. The molecule has 1 aromatic carbocycles. The summed E-state index contributed by atoms with van der Waals surface area (Å²) in [6.45, 7) is 6.22. The smallest absolute Gasteiger partial charge is 0.226 e. The minimum Gasteiger partial charge on any atom is -0.396 e. The number of nitrogens with one attached hydrogen (secondary N) is 2. The number of benzene rings is 1. The maximum Gasteiger partial charge on any atom is 0.226 e. The molecule has 0 aliphatic carbocycles. The summed E-state index contributed by atoms with van der Waals surface area (Å²) in [7, 11) is 0. The van der Waals surface area contributed by atoms with E-state index in [1.807, 2.05) is 29.7 Å². The highest BCUT2D eigenvalue weighted by molar-refractivity contribution is 5.84. The van der Waals surface area contributed by atoms with Crippen LogP contribution in [0.3, 0.4) is 0 Å². The van der Waals surface area contributed by atoms with Crippen LogP contribution in [0.4, 0.5) is 11.8 Å². The molecule has 3 aromatic rings. The van der Waals surface area contributed by atoms with Crippen LogP contribution in [0.25, 0.3) is 11.2 Å². The van der Waals surface area contributed by atoms with Crippen LogP contribution in [0.2, 0.25) is 0 Å². The lowest BCUT2D eigenvalue weighted by molar-refractivity contribution is 0.244. The Labute approximate surface area is 147 Å². The minimum absolute atomic E-state index is 0.126. The predicted octanol–water partition coefficient (Wildman–Crippen LogP) is 2.50. The Hall–Kier alpha value is -2.67. The third-order valence-corrected chi connectivity index (χ3v) is 4.03. The van der Waals surface area contributed by atoms with E-state index in [0.29, 0.717) is 24.9 Å². The zero-order valence-electron chi connectivity index (χ0n) is 14.6. The van der Waals surface area contributed by atoms with Crippen molar-refractivity contribution in [3.05, 3.63) is 42.2 Å². The summed E-state index contributed by atoms with van der Waals surface area (Å²) >= 11 is 0. The molecule has 7 heteroatoms. The quantitative estimate of drug-likeness (QED) is 0.584. The predicted molar refractivity (Wildman–Crippen MR) is 99.5 cm³/mol. The first-order valence-electron chi connectivity index (χ1n) is 8.56. The van der Waals surface area contributed by atoms with Gasteiger partial charge in [0, 0.05) is 26.2 Å². The number of hydrogen-bond donors (Lipinski definition) is 3. The molecule has 0 aliphatic rings. The number of rotatable bonds is 8. The van der Waals surface area contributed by atoms with Gasteiger partial charge in [-0.1, -0.05) is 37.3 Å². The highest BCUT2D eigenvalue weighted by Gasteiger charge is 2.13. The van der Waals surface area contributed by atoms with Gasteiger partial charge >= 0.3 is 0 Å². The monoisotopic (exact) mass is 340 g/mol. The van der Waals surface area contributed by atoms with Gasteiger partial charge in [-0.3, -0.25) is 0 Å². The molecule has 2 aromatic heterocycles. The van der Waals surface area contributed by atoms with Gasteiger partial charge in [0.15, 0.2) is 17.0 Å². The van der Waals surface area contributed by atoms with E-state index in [-0.39, 0.29) is 12.5 Å². The van der Waals surface area contributed by atoms with Gasteiger partial charge < -0.3 is 20.3 Å². The van der Waals surface area contributed by atoms with Crippen molar-refractivity contribution in [1.29, 1.82) is 0 Å². The number of anilines is 2. The van der Waals surface area contributed by atoms with Crippen LogP contribution >= 0.6 is 0 Å². The number of fused-ring (bicyclic) bond motifs is 1. The van der Waals surface area contributed by atoms with Gasteiger partial charge in [0.2, 0.25) is 5.95 Å². The molecule has 25 heavy (non-hydrogen) atoms. The molecule has 3 rings (SSSR count). The number of aryl methyl sites for hydroxylation is 1. The Morgan fingerprint density at radius 2 is 1.96 bits per heavy atom. The molecular weight excluding hydrogens is 316 g/mol. The second-order valence-electron chi connectivity index (χ2n) is 6.11. The molecule has 0 saturated carbocycles. The summed E-state index contributed by atoms with van der Waals surface area (Å²) in [6.07, 6.45) is 1.78. The van der Waals surface area contributed by atoms with E-state index < -0.39 is 0 Å². The summed E-state index contributed by atoms with van der Waals surface area (Å²) in [5, 5.41) is 15.8. The standard InChI is InChI=1S/C18H24N6O/c1-3-24-12-21-15-16(19-10-14-7-5-4-6-8-14)22-18(23-17(15)24)20-9-13(2)11-25/h4-8,12-13,25H,3,9-11H2,1-2H3,(H2,19,20,22,23)/t13-/m0/s1. The fourth-order valence-corrected chi connectivity index (χ4v) is 2.49. The summed E-state index contributed by atoms with van der Waals surface area (Å²) in [4.78, 5) is 13.6. The average Bonchev–Trinajstić information content (AvgIpc) is 3.08. The summed E-state index contributed by atoms with van der Waals surface area (Å²) < 4.78 is 1.99. The van der Waals surface area contributed by atoms with Crippen LogP contribution in [-0.2, 0) is 13.1 Å². The maximum absolute atomic E-state index is 9.19. The molecular formula is C18H24N6O. The fraction of sp³-hybridized carbons (Fsp3) is 0.389. The van der Waals surface area contributed by atoms with Gasteiger partial charge in [0.25, 0.3) is 0 Å². The second-order valence-corrected chi connectivity index (χ2v) is 6.11. The molecule has 0 unspecified atom stereocenters. The lowest BCUT2D eigenvalue weighted by Gasteiger charge is -2.12. The third kappa shape index (κ3) is 4.06. The lowest BCUT2D eigenvalue weighted by atomic mass is 10.2. The topological polar surface area (TPSA) is 87.9 Å². The van der Waals surface area contributed by atoms with Crippen LogP contribution in [0.15, 0.2) is 36.7 Å². The van der Waals surface area contributed by atoms with Crippen molar-refractivity contribution in [3.63, 3.8) is 0 Å². The van der Waals surface area contributed by atoms with E-state index in [2.05, 4.69) is 44.6 Å². The largest absolute Gasteiger partial charge is 0.396 e. The molecule has 0 saturated heterocycles. The molecule has 2 heterocycles. The van der Waals surface area contributed by atoms with Gasteiger partial charge in [-0.2, -0.15) is 9.97 Å². The Kier molecular flexibility index (Phi) is 5.45. The maximum atomic E-state index is 9.19. The Balaban J connectivity index is 1.87. The minimum atomic E-state index is 0.126. The average molecular weight is 340 g/mol. The first-order chi connectivity index (χ1) is 12.2. The van der Waals surface area contributed by atoms with Crippen LogP contribution in [0.5, 0.6) is 0 Å². The van der Waals surface area contributed by atoms with Gasteiger partial charge in [-0.15, -0.1) is 0 Å². The zero-order valence-corrected chi connectivity index (χ0v) is 14.6. The van der Waals surface area contributed by atoms with Crippen LogP contribution in [0.1, 0.15) is 19.4 Å². The molecule has 0 spiro atoms. The molecule has 0 aliphatic heterocycles. The molecule has 0 radical (unpaired) electrons. The third-order valence-electron chi connectivity index (χ3n) is 4.03. The van der Waals surface area contributed by atoms with Gasteiger partial charge in [-0.25, -0.2) is 4.98 Å². The zero-order chi connectivity index (χ0) is 17.6. The molecule has 0 amide bonds. The van der Waals surface area contributed by atoms with E-state index >= 15 is 0 Å². The van der Waals surface area contributed by atoms with Crippen molar-refractivity contribution < 1.29 is 5.11 Å². The number of nitrogens with zero attached hydrogens (tertiary/aromatic N) is 4. The number of imidazole rings is 1. The van der Waals surface area contributed by atoms with E-state index in [9.17, 15) is 5.11 Å². The van der Waals surface area contributed by atoms with Gasteiger partial charge in [0.05, 0.1) is 6.33 Å². The van der Waals surface area contributed by atoms with Crippen molar-refractivity contribution in [2.75, 3.05) is 23.8 Å². The van der Waals surface area contributed by atoms with E-state index in [1.54, 1.807) is 6.33 Å². The van der Waals surface area contributed by atoms with Crippen LogP contribution in [0, 0.1) is 5.92 Å². The highest BCUT2D eigenvalue weighted by atomic mass is 16.3. The molecule has 7 nitrogen and oxygen atoms in total. The first kappa shape index (κ1) is 17.2. The number of aromatic nitrogens is 4. The Bertz CT molecular complexity index is 817. The summed E-state index contributed by atoms with van der Waals surface area (Å²) in [6, 6.07) is 10.2. The first-order valence-corrected chi connectivity index (χ1v) is 8.56. The highest BCUT2D eigenvalue weighted by Crippen LogP contribution is 2.21. The van der Waals surface area contributed by atoms with Crippen molar-refractivity contribution in [3.8, 4) is 0 Å². The molecule has 132 valence electrons. The summed E-state index contributed by atoms with van der Waals surface area (Å²) in [5.41, 5.74) is 2.73. The Morgan fingerprint density at radius 3 is 2.68 bits per heavy atom. The molecule has 1 atom stereocenters. The van der Waals surface area contributed by atoms with Crippen molar-refractivity contribution in [2.24, 2.45) is 5.92 Å². The van der Waals surface area contributed by atoms with Gasteiger partial charge in [-0.05, 0) is 18.4 Å². The fourth-order valence-electron chi connectivity index (χ4n) is 2.49.